The minimum Gasteiger partial charge on any atom is -0.254 e. The monoisotopic (exact) mass is 343 g/mol. The van der Waals surface area contributed by atoms with E-state index in [2.05, 4.69) is 51.8 Å². The van der Waals surface area contributed by atoms with Gasteiger partial charge in [-0.05, 0) is 24.6 Å². The number of H-pyrrole nitrogens is 1. The Hall–Kier alpha value is -3.05. The lowest BCUT2D eigenvalue weighted by Gasteiger charge is -2.05. The van der Waals surface area contributed by atoms with E-state index in [9.17, 15) is 0 Å². The first-order chi connectivity index (χ1) is 12.3. The zero-order chi connectivity index (χ0) is 16.8. The Kier molecular flexibility index (Phi) is 3.15. The molecule has 5 aromatic rings. The van der Waals surface area contributed by atoms with Crippen molar-refractivity contribution in [3.63, 3.8) is 0 Å². The maximum atomic E-state index is 4.73. The molecule has 5 rings (SSSR count). The molecule has 0 aliphatic rings. The van der Waals surface area contributed by atoms with Crippen molar-refractivity contribution in [1.29, 1.82) is 0 Å². The number of aromatic amines is 1. The van der Waals surface area contributed by atoms with Crippen molar-refractivity contribution in [1.82, 2.24) is 15.0 Å². The van der Waals surface area contributed by atoms with E-state index in [4.69, 9.17) is 4.98 Å². The van der Waals surface area contributed by atoms with Crippen LogP contribution in [0.25, 0.3) is 37.2 Å². The van der Waals surface area contributed by atoms with E-state index in [1.54, 1.807) is 11.3 Å². The molecule has 1 N–H and O–H groups in total. The van der Waals surface area contributed by atoms with Crippen molar-refractivity contribution >= 4 is 33.1 Å². The Morgan fingerprint density at radius 1 is 1.04 bits per heavy atom. The molecule has 4 nitrogen and oxygen atoms in total. The number of aryl methyl sites for hydroxylation is 1. The molecule has 0 radical (unpaired) electrons. The van der Waals surface area contributed by atoms with E-state index < -0.39 is 0 Å². The van der Waals surface area contributed by atoms with Gasteiger partial charge in [0.15, 0.2) is 5.00 Å². The van der Waals surface area contributed by atoms with E-state index in [-0.39, 0.29) is 0 Å². The van der Waals surface area contributed by atoms with Crippen LogP contribution in [0, 0.1) is 6.92 Å². The lowest BCUT2D eigenvalue weighted by Crippen LogP contribution is -2.24. The summed E-state index contributed by atoms with van der Waals surface area (Å²) in [5, 5.41) is 3.43. The molecule has 4 heterocycles. The number of benzene rings is 1. The van der Waals surface area contributed by atoms with Crippen LogP contribution in [0.5, 0.6) is 0 Å². The molecule has 1 aromatic carbocycles. The number of hydrogen-bond donors (Lipinski definition) is 1. The number of thiophene rings is 1. The van der Waals surface area contributed by atoms with Gasteiger partial charge in [-0.2, -0.15) is 4.57 Å². The molecular formula is C20H15N4S+. The van der Waals surface area contributed by atoms with Gasteiger partial charge in [0.05, 0.1) is 11.0 Å². The van der Waals surface area contributed by atoms with Gasteiger partial charge < -0.3 is 0 Å². The number of nitrogens with one attached hydrogen (secondary N) is 1. The summed E-state index contributed by atoms with van der Waals surface area (Å²) >= 11 is 1.77. The van der Waals surface area contributed by atoms with Gasteiger partial charge in [-0.3, -0.25) is 9.97 Å². The maximum Gasteiger partial charge on any atom is 0.247 e. The maximum absolute atomic E-state index is 4.73. The molecule has 0 bridgehead atoms. The summed E-state index contributed by atoms with van der Waals surface area (Å²) in [5.74, 6) is 0. The van der Waals surface area contributed by atoms with Crippen molar-refractivity contribution in [3.8, 4) is 15.4 Å². The van der Waals surface area contributed by atoms with E-state index in [0.29, 0.717) is 0 Å². The first-order valence-corrected chi connectivity index (χ1v) is 8.90. The second-order valence-corrected chi connectivity index (χ2v) is 7.08. The number of hydrogen-bond acceptors (Lipinski definition) is 3. The molecule has 0 aliphatic carbocycles. The molecular weight excluding hydrogens is 328 g/mol. The molecule has 4 aromatic heterocycles. The second-order valence-electron chi connectivity index (χ2n) is 6.05. The lowest BCUT2D eigenvalue weighted by atomic mass is 10.1. The number of pyridine rings is 2. The number of nitrogens with zero attached hydrogens (tertiary/aromatic N) is 3. The number of fused-ring (bicyclic) bond motifs is 3. The van der Waals surface area contributed by atoms with Gasteiger partial charge in [0, 0.05) is 39.7 Å². The summed E-state index contributed by atoms with van der Waals surface area (Å²) in [4.78, 5) is 13.6. The van der Waals surface area contributed by atoms with Gasteiger partial charge in [-0.25, -0.2) is 4.98 Å². The summed E-state index contributed by atoms with van der Waals surface area (Å²) in [6, 6.07) is 12.7. The largest absolute Gasteiger partial charge is 0.254 e. The third-order valence-electron chi connectivity index (χ3n) is 4.39. The van der Waals surface area contributed by atoms with Gasteiger partial charge in [0.25, 0.3) is 0 Å². The number of rotatable bonds is 2. The molecule has 25 heavy (non-hydrogen) atoms. The van der Waals surface area contributed by atoms with E-state index >= 15 is 0 Å². The van der Waals surface area contributed by atoms with Crippen molar-refractivity contribution in [2.75, 3.05) is 0 Å². The number of imidazole rings is 1. The Bertz CT molecular complexity index is 1210. The summed E-state index contributed by atoms with van der Waals surface area (Å²) in [5.41, 5.74) is 4.32. The zero-order valence-corrected chi connectivity index (χ0v) is 14.4. The molecule has 0 atom stereocenters. The molecule has 120 valence electrons. The van der Waals surface area contributed by atoms with Gasteiger partial charge in [0.1, 0.15) is 12.4 Å². The summed E-state index contributed by atoms with van der Waals surface area (Å²) in [7, 11) is 0. The van der Waals surface area contributed by atoms with Crippen LogP contribution in [-0.2, 0) is 0 Å². The van der Waals surface area contributed by atoms with Crippen LogP contribution in [0.2, 0.25) is 0 Å². The lowest BCUT2D eigenvalue weighted by molar-refractivity contribution is -0.589. The normalized spacial score (nSPS) is 11.4. The third-order valence-corrected chi connectivity index (χ3v) is 5.69. The molecule has 0 aliphatic heterocycles. The predicted molar refractivity (Wildman–Crippen MR) is 101 cm³/mol. The Morgan fingerprint density at radius 3 is 2.80 bits per heavy atom. The van der Waals surface area contributed by atoms with Crippen molar-refractivity contribution in [2.45, 2.75) is 6.92 Å². The highest BCUT2D eigenvalue weighted by atomic mass is 32.1. The molecule has 0 unspecified atom stereocenters. The fraction of sp³-hybridized carbons (Fsp3) is 0.0500. The highest BCUT2D eigenvalue weighted by Crippen LogP contribution is 2.34. The standard InChI is InChI=1S/C20H14N4S/c1-13-9-17(24-8-7-21-12-24)25-20(13)16-10-15-5-4-14-3-2-6-22-18(14)19(15)23-11-16/h2-12H,1H3/p+1. The highest BCUT2D eigenvalue weighted by Gasteiger charge is 2.14. The fourth-order valence-corrected chi connectivity index (χ4v) is 4.28. The average Bonchev–Trinajstić information content (AvgIpc) is 3.30. The van der Waals surface area contributed by atoms with E-state index in [1.165, 1.54) is 15.4 Å². The molecule has 0 saturated heterocycles. The van der Waals surface area contributed by atoms with Crippen molar-refractivity contribution in [3.05, 3.63) is 73.1 Å². The van der Waals surface area contributed by atoms with Crippen LogP contribution in [0.3, 0.4) is 0 Å². The van der Waals surface area contributed by atoms with Gasteiger partial charge >= 0.3 is 0 Å². The van der Waals surface area contributed by atoms with Gasteiger partial charge in [0.2, 0.25) is 6.33 Å². The topological polar surface area (TPSA) is 45.5 Å². The van der Waals surface area contributed by atoms with E-state index in [1.807, 2.05) is 37.2 Å². The SMILES string of the molecule is Cc1cc(-[n+]2cc[nH]c2)sc1-c1cnc2c(ccc3cccnc32)c1. The number of aromatic nitrogens is 4. The Balaban J connectivity index is 1.67. The predicted octanol–water partition coefficient (Wildman–Crippen LogP) is 4.42. The van der Waals surface area contributed by atoms with Gasteiger partial charge in [-0.1, -0.05) is 29.5 Å². The molecule has 0 spiro atoms. The first kappa shape index (κ1) is 14.3. The van der Waals surface area contributed by atoms with Crippen molar-refractivity contribution < 1.29 is 4.57 Å². The molecule has 5 heteroatoms. The Morgan fingerprint density at radius 2 is 1.92 bits per heavy atom. The second kappa shape index (κ2) is 5.50. The molecule has 0 fully saturated rings. The van der Waals surface area contributed by atoms with E-state index in [0.717, 1.165) is 27.4 Å². The molecule has 0 saturated carbocycles. The van der Waals surface area contributed by atoms with Crippen LogP contribution >= 0.6 is 11.3 Å². The van der Waals surface area contributed by atoms with Crippen LogP contribution in [0.4, 0.5) is 0 Å². The van der Waals surface area contributed by atoms with Crippen LogP contribution in [-0.4, -0.2) is 15.0 Å². The van der Waals surface area contributed by atoms with Crippen molar-refractivity contribution in [2.24, 2.45) is 0 Å². The quantitative estimate of drug-likeness (QED) is 0.381. The summed E-state index contributed by atoms with van der Waals surface area (Å²) < 4.78 is 2.09. The minimum atomic E-state index is 0.955. The highest BCUT2D eigenvalue weighted by molar-refractivity contribution is 7.17. The Labute approximate surface area is 148 Å². The third kappa shape index (κ3) is 2.32. The van der Waals surface area contributed by atoms with Crippen LogP contribution in [0.1, 0.15) is 5.56 Å². The van der Waals surface area contributed by atoms with Crippen LogP contribution < -0.4 is 4.57 Å². The minimum absolute atomic E-state index is 0.955. The first-order valence-electron chi connectivity index (χ1n) is 8.08. The fourth-order valence-electron chi connectivity index (χ4n) is 3.17. The average molecular weight is 343 g/mol. The molecule has 0 amide bonds. The zero-order valence-electron chi connectivity index (χ0n) is 13.6. The summed E-state index contributed by atoms with van der Waals surface area (Å²) in [6.45, 7) is 2.15. The summed E-state index contributed by atoms with van der Waals surface area (Å²) in [6.07, 6.45) is 9.67. The van der Waals surface area contributed by atoms with Gasteiger partial charge in [-0.15, -0.1) is 0 Å². The van der Waals surface area contributed by atoms with Crippen LogP contribution in [0.15, 0.2) is 67.5 Å². The smallest absolute Gasteiger partial charge is 0.247 e.